The van der Waals surface area contributed by atoms with Crippen molar-refractivity contribution in [3.05, 3.63) is 78.4 Å². The fourth-order valence-corrected chi connectivity index (χ4v) is 5.31. The van der Waals surface area contributed by atoms with Crippen molar-refractivity contribution in [2.75, 3.05) is 11.9 Å². The Labute approximate surface area is 226 Å². The van der Waals surface area contributed by atoms with Gasteiger partial charge in [-0.3, -0.25) is 9.36 Å². The lowest BCUT2D eigenvalue weighted by atomic mass is 10.0. The van der Waals surface area contributed by atoms with Gasteiger partial charge in [0.1, 0.15) is 5.75 Å². The van der Waals surface area contributed by atoms with Crippen LogP contribution < -0.4 is 15.4 Å². The van der Waals surface area contributed by atoms with Crippen LogP contribution in [0.1, 0.15) is 76.1 Å². The lowest BCUT2D eigenvalue weighted by Crippen LogP contribution is -2.16. The Morgan fingerprint density at radius 1 is 0.895 bits per heavy atom. The van der Waals surface area contributed by atoms with E-state index in [1.807, 2.05) is 43.3 Å². The van der Waals surface area contributed by atoms with Gasteiger partial charge in [0.2, 0.25) is 0 Å². The highest BCUT2D eigenvalue weighted by atomic mass is 31.2. The van der Waals surface area contributed by atoms with Crippen molar-refractivity contribution in [3.8, 4) is 16.9 Å². The van der Waals surface area contributed by atoms with E-state index < -0.39 is 7.60 Å². The number of rotatable bonds is 15. The number of anilines is 1. The van der Waals surface area contributed by atoms with E-state index in [0.717, 1.165) is 29.9 Å². The molecule has 38 heavy (non-hydrogen) atoms. The maximum absolute atomic E-state index is 12.8. The molecule has 6 nitrogen and oxygen atoms in total. The molecule has 0 spiro atoms. The summed E-state index contributed by atoms with van der Waals surface area (Å²) in [6.45, 7) is 6.59. The summed E-state index contributed by atoms with van der Waals surface area (Å²) < 4.78 is 23.8. The SMILES string of the molecule is CCCCCCCCOc1ccc(-c2ccc(C(=O)Nc3cccc(P(=O)(O)OC(C)CC)c3)cc2)cc1. The number of carbonyl (C=O) groups excluding carboxylic acids is 1. The van der Waals surface area contributed by atoms with Crippen LogP contribution in [0.25, 0.3) is 11.1 Å². The zero-order chi connectivity index (χ0) is 27.4. The third-order valence-electron chi connectivity index (χ3n) is 6.43. The van der Waals surface area contributed by atoms with Crippen molar-refractivity contribution in [2.24, 2.45) is 0 Å². The first kappa shape index (κ1) is 29.6. The fraction of sp³-hybridized carbons (Fsp3) is 0.387. The Bertz CT molecular complexity index is 1190. The molecule has 0 saturated carbocycles. The number of amides is 1. The quantitative estimate of drug-likeness (QED) is 0.152. The smallest absolute Gasteiger partial charge is 0.359 e. The van der Waals surface area contributed by atoms with Gasteiger partial charge in [0.15, 0.2) is 0 Å². The highest BCUT2D eigenvalue weighted by Gasteiger charge is 2.25. The van der Waals surface area contributed by atoms with Crippen molar-refractivity contribution < 1.29 is 23.5 Å². The molecular weight excluding hydrogens is 497 g/mol. The largest absolute Gasteiger partial charge is 0.494 e. The van der Waals surface area contributed by atoms with Crippen molar-refractivity contribution in [1.29, 1.82) is 0 Å². The molecule has 3 aromatic rings. The van der Waals surface area contributed by atoms with Crippen LogP contribution in [0.5, 0.6) is 5.75 Å². The zero-order valence-electron chi connectivity index (χ0n) is 22.7. The van der Waals surface area contributed by atoms with Crippen LogP contribution in [-0.2, 0) is 9.09 Å². The molecule has 0 aliphatic heterocycles. The third kappa shape index (κ3) is 9.13. The molecule has 0 bridgehead atoms. The first-order chi connectivity index (χ1) is 18.3. The van der Waals surface area contributed by atoms with E-state index in [1.54, 1.807) is 31.2 Å². The lowest BCUT2D eigenvalue weighted by Gasteiger charge is -2.17. The van der Waals surface area contributed by atoms with Gasteiger partial charge in [-0.05, 0) is 73.4 Å². The molecule has 3 rings (SSSR count). The Kier molecular flexibility index (Phi) is 11.6. The highest BCUT2D eigenvalue weighted by molar-refractivity contribution is 7.61. The molecule has 0 saturated heterocycles. The van der Waals surface area contributed by atoms with Crippen LogP contribution in [0, 0.1) is 0 Å². The molecule has 0 aliphatic carbocycles. The van der Waals surface area contributed by atoms with Crippen molar-refractivity contribution in [3.63, 3.8) is 0 Å². The summed E-state index contributed by atoms with van der Waals surface area (Å²) in [5.74, 6) is 0.560. The number of ether oxygens (including phenoxy) is 1. The molecule has 0 heterocycles. The lowest BCUT2D eigenvalue weighted by molar-refractivity contribution is 0.102. The minimum atomic E-state index is -3.98. The topological polar surface area (TPSA) is 84.9 Å². The second-order valence-electron chi connectivity index (χ2n) is 9.57. The molecule has 0 fully saturated rings. The Morgan fingerprint density at radius 2 is 1.53 bits per heavy atom. The van der Waals surface area contributed by atoms with Crippen LogP contribution in [0.15, 0.2) is 72.8 Å². The summed E-state index contributed by atoms with van der Waals surface area (Å²) in [7, 11) is -3.98. The van der Waals surface area contributed by atoms with Crippen LogP contribution in [0.3, 0.4) is 0 Å². The molecule has 204 valence electrons. The monoisotopic (exact) mass is 537 g/mol. The van der Waals surface area contributed by atoms with Gasteiger partial charge in [-0.15, -0.1) is 0 Å². The van der Waals surface area contributed by atoms with Crippen LogP contribution in [0.2, 0.25) is 0 Å². The zero-order valence-corrected chi connectivity index (χ0v) is 23.6. The van der Waals surface area contributed by atoms with E-state index in [9.17, 15) is 14.3 Å². The van der Waals surface area contributed by atoms with E-state index in [2.05, 4.69) is 12.2 Å². The summed E-state index contributed by atoms with van der Waals surface area (Å²) in [6.07, 6.45) is 7.70. The predicted octanol–water partition coefficient (Wildman–Crippen LogP) is 7.97. The Hall–Kier alpha value is -2.92. The Morgan fingerprint density at radius 3 is 2.18 bits per heavy atom. The van der Waals surface area contributed by atoms with E-state index in [1.165, 1.54) is 44.2 Å². The molecule has 0 aromatic heterocycles. The molecule has 2 N–H and O–H groups in total. The normalized spacial score (nSPS) is 13.5. The summed E-state index contributed by atoms with van der Waals surface area (Å²) in [5.41, 5.74) is 2.95. The number of unbranched alkanes of at least 4 members (excludes halogenated alkanes) is 5. The second kappa shape index (κ2) is 14.9. The number of hydrogen-bond acceptors (Lipinski definition) is 4. The summed E-state index contributed by atoms with van der Waals surface area (Å²) in [5, 5.41) is 2.94. The molecule has 0 aliphatic rings. The number of hydrogen-bond donors (Lipinski definition) is 2. The van der Waals surface area contributed by atoms with Crippen molar-refractivity contribution in [1.82, 2.24) is 0 Å². The molecule has 0 radical (unpaired) electrons. The number of benzene rings is 3. The summed E-state index contributed by atoms with van der Waals surface area (Å²) >= 11 is 0. The second-order valence-corrected chi connectivity index (χ2v) is 11.3. The maximum Gasteiger partial charge on any atom is 0.359 e. The molecular formula is C31H40NO5P. The molecule has 2 unspecified atom stereocenters. The molecule has 7 heteroatoms. The predicted molar refractivity (Wildman–Crippen MR) is 155 cm³/mol. The fourth-order valence-electron chi connectivity index (χ4n) is 3.97. The average molecular weight is 538 g/mol. The van der Waals surface area contributed by atoms with Crippen molar-refractivity contribution in [2.45, 2.75) is 71.8 Å². The minimum Gasteiger partial charge on any atom is -0.494 e. The van der Waals surface area contributed by atoms with Gasteiger partial charge >= 0.3 is 7.60 Å². The van der Waals surface area contributed by atoms with Crippen LogP contribution >= 0.6 is 7.60 Å². The maximum atomic E-state index is 12.8. The number of carbonyl (C=O) groups is 1. The van der Waals surface area contributed by atoms with E-state index in [4.69, 9.17) is 9.26 Å². The van der Waals surface area contributed by atoms with E-state index >= 15 is 0 Å². The van der Waals surface area contributed by atoms with E-state index in [-0.39, 0.29) is 17.3 Å². The van der Waals surface area contributed by atoms with Gasteiger partial charge in [-0.2, -0.15) is 0 Å². The average Bonchev–Trinajstić information content (AvgIpc) is 2.93. The highest BCUT2D eigenvalue weighted by Crippen LogP contribution is 2.43. The van der Waals surface area contributed by atoms with Crippen molar-refractivity contribution >= 4 is 24.5 Å². The van der Waals surface area contributed by atoms with Gasteiger partial charge in [-0.1, -0.05) is 76.3 Å². The summed E-state index contributed by atoms with van der Waals surface area (Å²) in [6, 6.07) is 21.6. The van der Waals surface area contributed by atoms with E-state index in [0.29, 0.717) is 17.7 Å². The van der Waals surface area contributed by atoms with Gasteiger partial charge < -0.3 is 19.5 Å². The first-order valence-corrected chi connectivity index (χ1v) is 15.2. The van der Waals surface area contributed by atoms with Gasteiger partial charge in [-0.25, -0.2) is 0 Å². The standard InChI is InChI=1S/C31H40NO5P/c1-4-6-7-8-9-10-22-36-29-20-18-26(19-21-29)25-14-16-27(17-15-25)31(33)32-28-12-11-13-30(23-28)38(34,35)37-24(3)5-2/h11-21,23-24H,4-10,22H2,1-3H3,(H,32,33)(H,34,35). The van der Waals surface area contributed by atoms with Gasteiger partial charge in [0.05, 0.1) is 18.0 Å². The summed E-state index contributed by atoms with van der Waals surface area (Å²) in [4.78, 5) is 23.1. The Balaban J connectivity index is 1.54. The number of nitrogens with one attached hydrogen (secondary N) is 1. The molecule has 2 atom stereocenters. The molecule has 3 aromatic carbocycles. The third-order valence-corrected chi connectivity index (χ3v) is 8.01. The van der Waals surface area contributed by atoms with Gasteiger partial charge in [0.25, 0.3) is 5.91 Å². The van der Waals surface area contributed by atoms with Crippen LogP contribution in [0.4, 0.5) is 5.69 Å². The van der Waals surface area contributed by atoms with Gasteiger partial charge in [0, 0.05) is 11.3 Å². The first-order valence-electron chi connectivity index (χ1n) is 13.6. The van der Waals surface area contributed by atoms with Crippen LogP contribution in [-0.4, -0.2) is 23.5 Å². The minimum absolute atomic E-state index is 0.144. The molecule has 1 amide bonds.